The van der Waals surface area contributed by atoms with E-state index in [-0.39, 0.29) is 5.78 Å². The first-order valence-electron chi connectivity index (χ1n) is 10.3. The zero-order valence-electron chi connectivity index (χ0n) is 19.0. The molecule has 0 saturated carbocycles. The lowest BCUT2D eigenvalue weighted by atomic mass is 9.95. The van der Waals surface area contributed by atoms with Crippen molar-refractivity contribution in [1.29, 1.82) is 0 Å². The number of hydrogen-bond acceptors (Lipinski definition) is 6. The number of carbonyl (C=O) groups is 3. The quantitative estimate of drug-likeness (QED) is 0.511. The van der Waals surface area contributed by atoms with E-state index < -0.39 is 35.6 Å². The largest absolute Gasteiger partial charge is 0.460 e. The van der Waals surface area contributed by atoms with Crippen LogP contribution in [0, 0.1) is 0 Å². The van der Waals surface area contributed by atoms with Gasteiger partial charge in [-0.3, -0.25) is 14.4 Å². The molecule has 31 heavy (non-hydrogen) atoms. The molecule has 0 aliphatic carbocycles. The molecule has 2 aromatic carbocycles. The molecule has 3 atom stereocenters. The fourth-order valence-corrected chi connectivity index (χ4v) is 3.10. The van der Waals surface area contributed by atoms with Gasteiger partial charge in [-0.25, -0.2) is 0 Å². The summed E-state index contributed by atoms with van der Waals surface area (Å²) >= 11 is 0. The van der Waals surface area contributed by atoms with E-state index in [1.807, 2.05) is 6.07 Å². The molecule has 2 rings (SSSR count). The SMILES string of the molecule is CN[C@H](C(=O)OC(C)(C)C)[C@H](C)OC(=O)C(C)c1cccc(C(=O)c2ccccc2)c1. The lowest BCUT2D eigenvalue weighted by Crippen LogP contribution is -2.48. The van der Waals surface area contributed by atoms with Crippen LogP contribution < -0.4 is 5.32 Å². The number of benzene rings is 2. The third kappa shape index (κ3) is 6.76. The maximum atomic E-state index is 12.7. The van der Waals surface area contributed by atoms with Crippen molar-refractivity contribution in [3.8, 4) is 0 Å². The lowest BCUT2D eigenvalue weighted by Gasteiger charge is -2.27. The molecule has 2 aromatic rings. The molecule has 0 amide bonds. The standard InChI is InChI=1S/C25H31NO5/c1-16(23(28)30-17(2)21(26-6)24(29)31-25(3,4)5)19-13-10-14-20(15-19)22(27)18-11-8-7-9-12-18/h7-17,21,26H,1-6H3/t16?,17-,21-/m0/s1. The fraction of sp³-hybridized carbons (Fsp3) is 0.400. The summed E-state index contributed by atoms with van der Waals surface area (Å²) in [6, 6.07) is 15.1. The summed E-state index contributed by atoms with van der Waals surface area (Å²) in [4.78, 5) is 37.8. The molecule has 6 heteroatoms. The monoisotopic (exact) mass is 425 g/mol. The van der Waals surface area contributed by atoms with Crippen molar-refractivity contribution in [2.75, 3.05) is 7.05 Å². The van der Waals surface area contributed by atoms with Crippen LogP contribution in [-0.2, 0) is 19.1 Å². The smallest absolute Gasteiger partial charge is 0.327 e. The Morgan fingerprint density at radius 1 is 0.871 bits per heavy atom. The Balaban J connectivity index is 2.10. The van der Waals surface area contributed by atoms with Crippen LogP contribution in [0.4, 0.5) is 0 Å². The maximum Gasteiger partial charge on any atom is 0.327 e. The second-order valence-electron chi connectivity index (χ2n) is 8.48. The molecular weight excluding hydrogens is 394 g/mol. The molecule has 0 heterocycles. The van der Waals surface area contributed by atoms with Gasteiger partial charge in [-0.15, -0.1) is 0 Å². The number of nitrogens with one attached hydrogen (secondary N) is 1. The zero-order chi connectivity index (χ0) is 23.2. The van der Waals surface area contributed by atoms with E-state index in [9.17, 15) is 14.4 Å². The Labute approximate surface area is 183 Å². The maximum absolute atomic E-state index is 12.7. The van der Waals surface area contributed by atoms with Crippen LogP contribution in [0.5, 0.6) is 0 Å². The minimum atomic E-state index is -0.790. The van der Waals surface area contributed by atoms with Gasteiger partial charge < -0.3 is 14.8 Å². The highest BCUT2D eigenvalue weighted by molar-refractivity contribution is 6.09. The summed E-state index contributed by atoms with van der Waals surface area (Å²) in [6.07, 6.45) is -0.732. The van der Waals surface area contributed by atoms with E-state index in [0.717, 1.165) is 0 Å². The normalized spacial score (nSPS) is 14.3. The van der Waals surface area contributed by atoms with Crippen LogP contribution in [-0.4, -0.2) is 42.5 Å². The van der Waals surface area contributed by atoms with Crippen molar-refractivity contribution in [2.45, 2.75) is 58.3 Å². The Bertz CT molecular complexity index is 917. The molecule has 0 bridgehead atoms. The summed E-state index contributed by atoms with van der Waals surface area (Å²) in [5.41, 5.74) is 1.10. The third-order valence-electron chi connectivity index (χ3n) is 4.78. The van der Waals surface area contributed by atoms with Gasteiger partial charge >= 0.3 is 11.9 Å². The number of likely N-dealkylation sites (N-methyl/N-ethyl adjacent to an activating group) is 1. The van der Waals surface area contributed by atoms with E-state index in [1.54, 1.807) is 90.2 Å². The van der Waals surface area contributed by atoms with Crippen LogP contribution in [0.25, 0.3) is 0 Å². The van der Waals surface area contributed by atoms with Gasteiger partial charge in [0.15, 0.2) is 5.78 Å². The molecule has 0 aromatic heterocycles. The van der Waals surface area contributed by atoms with Gasteiger partial charge in [0.1, 0.15) is 17.7 Å². The minimum Gasteiger partial charge on any atom is -0.460 e. The van der Waals surface area contributed by atoms with Crippen molar-refractivity contribution >= 4 is 17.7 Å². The summed E-state index contributed by atoms with van der Waals surface area (Å²) in [6.45, 7) is 8.69. The van der Waals surface area contributed by atoms with E-state index in [2.05, 4.69) is 5.32 Å². The van der Waals surface area contributed by atoms with Crippen LogP contribution in [0.1, 0.15) is 62.0 Å². The van der Waals surface area contributed by atoms with Gasteiger partial charge in [-0.05, 0) is 53.3 Å². The number of carbonyl (C=O) groups excluding carboxylic acids is 3. The first-order valence-corrected chi connectivity index (χ1v) is 10.3. The average molecular weight is 426 g/mol. The fourth-order valence-electron chi connectivity index (χ4n) is 3.10. The van der Waals surface area contributed by atoms with Crippen molar-refractivity contribution in [3.63, 3.8) is 0 Å². The third-order valence-corrected chi connectivity index (χ3v) is 4.78. The molecule has 0 aliphatic heterocycles. The van der Waals surface area contributed by atoms with Crippen LogP contribution in [0.3, 0.4) is 0 Å². The molecule has 6 nitrogen and oxygen atoms in total. The number of rotatable bonds is 8. The molecule has 1 N–H and O–H groups in total. The number of ether oxygens (including phenoxy) is 2. The van der Waals surface area contributed by atoms with Crippen LogP contribution in [0.15, 0.2) is 54.6 Å². The summed E-state index contributed by atoms with van der Waals surface area (Å²) in [5, 5.41) is 2.85. The molecule has 0 fully saturated rings. The topological polar surface area (TPSA) is 81.7 Å². The molecule has 0 radical (unpaired) electrons. The van der Waals surface area contributed by atoms with Gasteiger partial charge in [-0.1, -0.05) is 48.5 Å². The molecule has 0 saturated heterocycles. The van der Waals surface area contributed by atoms with Crippen LogP contribution in [0.2, 0.25) is 0 Å². The summed E-state index contributed by atoms with van der Waals surface area (Å²) in [7, 11) is 1.61. The predicted octanol–water partition coefficient (Wildman–Crippen LogP) is 3.88. The molecule has 1 unspecified atom stereocenters. The van der Waals surface area contributed by atoms with Crippen molar-refractivity contribution < 1.29 is 23.9 Å². The predicted molar refractivity (Wildman–Crippen MR) is 119 cm³/mol. The first-order chi connectivity index (χ1) is 14.5. The Kier molecular flexibility index (Phi) is 8.11. The van der Waals surface area contributed by atoms with Crippen molar-refractivity contribution in [1.82, 2.24) is 5.32 Å². The zero-order valence-corrected chi connectivity index (χ0v) is 19.0. The first kappa shape index (κ1) is 24.3. The second-order valence-corrected chi connectivity index (χ2v) is 8.48. The number of hydrogen-bond donors (Lipinski definition) is 1. The Hall–Kier alpha value is -2.99. The highest BCUT2D eigenvalue weighted by Gasteiger charge is 2.32. The average Bonchev–Trinajstić information content (AvgIpc) is 2.72. The van der Waals surface area contributed by atoms with Crippen LogP contribution >= 0.6 is 0 Å². The van der Waals surface area contributed by atoms with Gasteiger partial charge in [0.25, 0.3) is 0 Å². The number of esters is 2. The molecular formula is C25H31NO5. The Morgan fingerprint density at radius 3 is 2.06 bits per heavy atom. The van der Waals surface area contributed by atoms with Gasteiger partial charge in [0.2, 0.25) is 0 Å². The van der Waals surface area contributed by atoms with Crippen molar-refractivity contribution in [3.05, 3.63) is 71.3 Å². The van der Waals surface area contributed by atoms with E-state index in [0.29, 0.717) is 16.7 Å². The molecule has 166 valence electrons. The van der Waals surface area contributed by atoms with Gasteiger partial charge in [0.05, 0.1) is 5.92 Å². The highest BCUT2D eigenvalue weighted by Crippen LogP contribution is 2.21. The molecule has 0 aliphatic rings. The van der Waals surface area contributed by atoms with Gasteiger partial charge in [-0.2, -0.15) is 0 Å². The van der Waals surface area contributed by atoms with Crippen molar-refractivity contribution in [2.24, 2.45) is 0 Å². The van der Waals surface area contributed by atoms with E-state index in [1.165, 1.54) is 0 Å². The highest BCUT2D eigenvalue weighted by atomic mass is 16.6. The lowest BCUT2D eigenvalue weighted by molar-refractivity contribution is -0.165. The number of ketones is 1. The van der Waals surface area contributed by atoms with E-state index >= 15 is 0 Å². The summed E-state index contributed by atoms with van der Waals surface area (Å²) in [5.74, 6) is -1.70. The Morgan fingerprint density at radius 2 is 1.48 bits per heavy atom. The molecule has 0 spiro atoms. The van der Waals surface area contributed by atoms with E-state index in [4.69, 9.17) is 9.47 Å². The van der Waals surface area contributed by atoms with Gasteiger partial charge in [0, 0.05) is 11.1 Å². The minimum absolute atomic E-state index is 0.114. The summed E-state index contributed by atoms with van der Waals surface area (Å²) < 4.78 is 10.9. The second kappa shape index (κ2) is 10.4.